The Morgan fingerprint density at radius 2 is 1.83 bits per heavy atom. The van der Waals surface area contributed by atoms with E-state index in [1.54, 1.807) is 19.1 Å². The van der Waals surface area contributed by atoms with E-state index in [9.17, 15) is 18.0 Å². The fourth-order valence-electron chi connectivity index (χ4n) is 1.99. The summed E-state index contributed by atoms with van der Waals surface area (Å²) in [5, 5.41) is 3.00. The molecule has 1 aromatic carbocycles. The fourth-order valence-corrected chi connectivity index (χ4v) is 1.99. The molecule has 0 amide bonds. The molecule has 0 bridgehead atoms. The second-order valence-electron chi connectivity index (χ2n) is 4.87. The average Bonchev–Trinajstić information content (AvgIpc) is 2.52. The van der Waals surface area contributed by atoms with Crippen LogP contribution in [-0.2, 0) is 17.5 Å². The predicted octanol–water partition coefficient (Wildman–Crippen LogP) is 3.81. The molecule has 0 atom stereocenters. The molecule has 0 radical (unpaired) electrons. The van der Waals surface area contributed by atoms with Gasteiger partial charge in [-0.1, -0.05) is 12.1 Å². The minimum atomic E-state index is -4.34. The van der Waals surface area contributed by atoms with Crippen LogP contribution in [0.15, 0.2) is 36.4 Å². The number of alkyl halides is 3. The van der Waals surface area contributed by atoms with Crippen LogP contribution in [0.2, 0.25) is 0 Å². The number of halogens is 3. The van der Waals surface area contributed by atoms with Gasteiger partial charge in [0.05, 0.1) is 23.9 Å². The maximum atomic E-state index is 12.5. The van der Waals surface area contributed by atoms with Crippen molar-refractivity contribution in [3.05, 3.63) is 58.8 Å². The Kier molecular flexibility index (Phi) is 4.88. The van der Waals surface area contributed by atoms with Crippen molar-refractivity contribution in [2.45, 2.75) is 19.6 Å². The number of benzene rings is 1. The molecule has 0 aliphatic heterocycles. The van der Waals surface area contributed by atoms with Gasteiger partial charge in [0.2, 0.25) is 0 Å². The van der Waals surface area contributed by atoms with Gasteiger partial charge in [-0.2, -0.15) is 13.2 Å². The maximum Gasteiger partial charge on any atom is 0.416 e. The van der Waals surface area contributed by atoms with Crippen LogP contribution in [0.4, 0.5) is 19.0 Å². The first-order chi connectivity index (χ1) is 10.8. The number of rotatable bonds is 4. The highest BCUT2D eigenvalue weighted by molar-refractivity contribution is 5.90. The van der Waals surface area contributed by atoms with E-state index in [0.29, 0.717) is 29.2 Å². The number of anilines is 1. The van der Waals surface area contributed by atoms with Gasteiger partial charge in [-0.25, -0.2) is 9.78 Å². The average molecular weight is 324 g/mol. The number of ether oxygens (including phenoxy) is 1. The first-order valence-corrected chi connectivity index (χ1v) is 6.77. The van der Waals surface area contributed by atoms with Crippen LogP contribution in [-0.4, -0.2) is 18.1 Å². The highest BCUT2D eigenvalue weighted by Gasteiger charge is 2.29. The zero-order chi connectivity index (χ0) is 17.0. The second-order valence-corrected chi connectivity index (χ2v) is 4.87. The molecule has 2 rings (SSSR count). The SMILES string of the molecule is COC(=O)c1ccc(NCc2ccc(C(F)(F)F)cc2)nc1C. The molecule has 23 heavy (non-hydrogen) atoms. The summed E-state index contributed by atoms with van der Waals surface area (Å²) in [4.78, 5) is 15.7. The number of hydrogen-bond donors (Lipinski definition) is 1. The van der Waals surface area contributed by atoms with Crippen molar-refractivity contribution in [3.63, 3.8) is 0 Å². The lowest BCUT2D eigenvalue weighted by molar-refractivity contribution is -0.137. The second kappa shape index (κ2) is 6.68. The van der Waals surface area contributed by atoms with Crippen molar-refractivity contribution in [2.75, 3.05) is 12.4 Å². The van der Waals surface area contributed by atoms with Gasteiger partial charge in [0.15, 0.2) is 0 Å². The molecule has 0 aliphatic carbocycles. The summed E-state index contributed by atoms with van der Waals surface area (Å²) in [7, 11) is 1.29. The van der Waals surface area contributed by atoms with Gasteiger partial charge in [0.1, 0.15) is 5.82 Å². The molecule has 2 aromatic rings. The number of carbonyl (C=O) groups excluding carboxylic acids is 1. The van der Waals surface area contributed by atoms with E-state index in [1.165, 1.54) is 19.2 Å². The van der Waals surface area contributed by atoms with Crippen molar-refractivity contribution >= 4 is 11.8 Å². The number of pyridine rings is 1. The molecule has 7 heteroatoms. The van der Waals surface area contributed by atoms with Gasteiger partial charge in [0.25, 0.3) is 0 Å². The molecular weight excluding hydrogens is 309 g/mol. The molecule has 0 aliphatic rings. The molecule has 0 saturated heterocycles. The molecule has 1 aromatic heterocycles. The standard InChI is InChI=1S/C16H15F3N2O2/c1-10-13(15(22)23-2)7-8-14(21-10)20-9-11-3-5-12(6-4-11)16(17,18)19/h3-8H,9H2,1-2H3,(H,20,21). The van der Waals surface area contributed by atoms with Gasteiger partial charge < -0.3 is 10.1 Å². The zero-order valence-electron chi connectivity index (χ0n) is 12.6. The number of nitrogens with zero attached hydrogens (tertiary/aromatic N) is 1. The van der Waals surface area contributed by atoms with E-state index in [4.69, 9.17) is 0 Å². The third-order valence-electron chi connectivity index (χ3n) is 3.25. The number of methoxy groups -OCH3 is 1. The monoisotopic (exact) mass is 324 g/mol. The highest BCUT2D eigenvalue weighted by atomic mass is 19.4. The van der Waals surface area contributed by atoms with E-state index >= 15 is 0 Å². The Balaban J connectivity index is 2.04. The summed E-state index contributed by atoms with van der Waals surface area (Å²) in [6.45, 7) is 2.00. The van der Waals surface area contributed by atoms with Crippen LogP contribution in [0, 0.1) is 6.92 Å². The number of nitrogens with one attached hydrogen (secondary N) is 1. The fraction of sp³-hybridized carbons (Fsp3) is 0.250. The van der Waals surface area contributed by atoms with E-state index in [2.05, 4.69) is 15.0 Å². The third kappa shape index (κ3) is 4.21. The van der Waals surface area contributed by atoms with Gasteiger partial charge in [0, 0.05) is 6.54 Å². The van der Waals surface area contributed by atoms with E-state index in [1.807, 2.05) is 0 Å². The lowest BCUT2D eigenvalue weighted by Gasteiger charge is -2.10. The molecule has 0 spiro atoms. The summed E-state index contributed by atoms with van der Waals surface area (Å²) in [5.41, 5.74) is 0.883. The molecule has 0 unspecified atom stereocenters. The number of hydrogen-bond acceptors (Lipinski definition) is 4. The maximum absolute atomic E-state index is 12.5. The zero-order valence-corrected chi connectivity index (χ0v) is 12.6. The lowest BCUT2D eigenvalue weighted by atomic mass is 10.1. The number of aromatic nitrogens is 1. The first-order valence-electron chi connectivity index (χ1n) is 6.77. The molecule has 4 nitrogen and oxygen atoms in total. The van der Waals surface area contributed by atoms with Crippen LogP contribution in [0.1, 0.15) is 27.2 Å². The predicted molar refractivity (Wildman–Crippen MR) is 79.1 cm³/mol. The quantitative estimate of drug-likeness (QED) is 0.869. The molecule has 0 fully saturated rings. The van der Waals surface area contributed by atoms with E-state index in [-0.39, 0.29) is 0 Å². The summed E-state index contributed by atoms with van der Waals surface area (Å²) in [5.74, 6) is 0.0549. The van der Waals surface area contributed by atoms with Crippen LogP contribution in [0.5, 0.6) is 0 Å². The number of carbonyl (C=O) groups is 1. The molecule has 1 N–H and O–H groups in total. The Labute approximate surface area is 131 Å². The van der Waals surface area contributed by atoms with Crippen molar-refractivity contribution in [3.8, 4) is 0 Å². The normalized spacial score (nSPS) is 11.2. The summed E-state index contributed by atoms with van der Waals surface area (Å²) in [6.07, 6.45) is -4.34. The molecule has 0 saturated carbocycles. The number of esters is 1. The van der Waals surface area contributed by atoms with Gasteiger partial charge >= 0.3 is 12.1 Å². The number of aryl methyl sites for hydroxylation is 1. The summed E-state index contributed by atoms with van der Waals surface area (Å²) >= 11 is 0. The lowest BCUT2D eigenvalue weighted by Crippen LogP contribution is -2.08. The molecule has 1 heterocycles. The van der Waals surface area contributed by atoms with Crippen LogP contribution >= 0.6 is 0 Å². The van der Waals surface area contributed by atoms with E-state index in [0.717, 1.165) is 12.1 Å². The Bertz CT molecular complexity index is 697. The smallest absolute Gasteiger partial charge is 0.416 e. The van der Waals surface area contributed by atoms with Gasteiger partial charge in [-0.3, -0.25) is 0 Å². The summed E-state index contributed by atoms with van der Waals surface area (Å²) in [6, 6.07) is 8.09. The van der Waals surface area contributed by atoms with Crippen LogP contribution < -0.4 is 5.32 Å². The van der Waals surface area contributed by atoms with Crippen LogP contribution in [0.25, 0.3) is 0 Å². The highest BCUT2D eigenvalue weighted by Crippen LogP contribution is 2.29. The molecular formula is C16H15F3N2O2. The van der Waals surface area contributed by atoms with Crippen molar-refractivity contribution in [2.24, 2.45) is 0 Å². The summed E-state index contributed by atoms with van der Waals surface area (Å²) < 4.78 is 42.1. The van der Waals surface area contributed by atoms with Crippen molar-refractivity contribution < 1.29 is 22.7 Å². The Morgan fingerprint density at radius 3 is 2.35 bits per heavy atom. The van der Waals surface area contributed by atoms with Crippen molar-refractivity contribution in [1.82, 2.24) is 4.98 Å². The first kappa shape index (κ1) is 16.8. The Morgan fingerprint density at radius 1 is 1.17 bits per heavy atom. The molecule has 122 valence electrons. The minimum Gasteiger partial charge on any atom is -0.465 e. The largest absolute Gasteiger partial charge is 0.465 e. The minimum absolute atomic E-state index is 0.322. The Hall–Kier alpha value is -2.57. The van der Waals surface area contributed by atoms with Crippen LogP contribution in [0.3, 0.4) is 0 Å². The van der Waals surface area contributed by atoms with E-state index < -0.39 is 17.7 Å². The third-order valence-corrected chi connectivity index (χ3v) is 3.25. The topological polar surface area (TPSA) is 51.2 Å². The van der Waals surface area contributed by atoms with Crippen molar-refractivity contribution in [1.29, 1.82) is 0 Å². The van der Waals surface area contributed by atoms with Gasteiger partial charge in [-0.15, -0.1) is 0 Å². The van der Waals surface area contributed by atoms with Gasteiger partial charge in [-0.05, 0) is 36.8 Å².